The van der Waals surface area contributed by atoms with Gasteiger partial charge in [-0.3, -0.25) is 4.79 Å². The number of nitriles is 1. The van der Waals surface area contributed by atoms with E-state index in [1.54, 1.807) is 12.1 Å². The van der Waals surface area contributed by atoms with Crippen LogP contribution in [0.15, 0.2) is 23.8 Å². The molecule has 0 heterocycles. The number of hydrogen-bond donors (Lipinski definition) is 1. The molecule has 4 nitrogen and oxygen atoms in total. The van der Waals surface area contributed by atoms with E-state index in [1.807, 2.05) is 0 Å². The van der Waals surface area contributed by atoms with Crippen LogP contribution in [0, 0.1) is 11.3 Å². The number of carbonyl (C=O) groups excluding carboxylic acids is 1. The summed E-state index contributed by atoms with van der Waals surface area (Å²) in [7, 11) is 1.47. The second-order valence-electron chi connectivity index (χ2n) is 2.87. The van der Waals surface area contributed by atoms with Gasteiger partial charge in [0.1, 0.15) is 23.1 Å². The number of hydrogen-bond acceptors (Lipinski definition) is 4. The van der Waals surface area contributed by atoms with Crippen molar-refractivity contribution in [2.45, 2.75) is 0 Å². The van der Waals surface area contributed by atoms with E-state index in [0.29, 0.717) is 11.3 Å². The van der Waals surface area contributed by atoms with Crippen LogP contribution in [-0.2, 0) is 4.79 Å². The Labute approximate surface area is 97.3 Å². The predicted molar refractivity (Wildman–Crippen MR) is 59.1 cm³/mol. The maximum absolute atomic E-state index is 10.8. The van der Waals surface area contributed by atoms with Crippen molar-refractivity contribution in [3.8, 4) is 17.6 Å². The fourth-order valence-corrected chi connectivity index (χ4v) is 1.16. The fraction of sp³-hybridized carbons (Fsp3) is 0.0909. The molecule has 0 fully saturated rings. The van der Waals surface area contributed by atoms with Crippen LogP contribution >= 0.6 is 11.6 Å². The lowest BCUT2D eigenvalue weighted by molar-refractivity contribution is -0.108. The van der Waals surface area contributed by atoms with Gasteiger partial charge in [0.25, 0.3) is 5.24 Å². The molecular weight excluding hydrogens is 230 g/mol. The molecule has 0 saturated heterocycles. The van der Waals surface area contributed by atoms with Crippen molar-refractivity contribution in [2.24, 2.45) is 0 Å². The van der Waals surface area contributed by atoms with Gasteiger partial charge in [0.05, 0.1) is 7.11 Å². The summed E-state index contributed by atoms with van der Waals surface area (Å²) >= 11 is 5.17. The summed E-state index contributed by atoms with van der Waals surface area (Å²) in [6, 6.07) is 6.13. The Balaban J connectivity index is 3.16. The van der Waals surface area contributed by atoms with Crippen molar-refractivity contribution in [3.05, 3.63) is 29.3 Å². The Hall–Kier alpha value is -1.99. The van der Waals surface area contributed by atoms with Gasteiger partial charge in [-0.2, -0.15) is 5.26 Å². The van der Waals surface area contributed by atoms with Crippen molar-refractivity contribution in [2.75, 3.05) is 7.11 Å². The van der Waals surface area contributed by atoms with Crippen molar-refractivity contribution in [3.63, 3.8) is 0 Å². The Morgan fingerprint density at radius 1 is 1.62 bits per heavy atom. The summed E-state index contributed by atoms with van der Waals surface area (Å²) in [4.78, 5) is 10.8. The minimum absolute atomic E-state index is 0.0926. The van der Waals surface area contributed by atoms with Crippen LogP contribution < -0.4 is 4.74 Å². The van der Waals surface area contributed by atoms with Crippen molar-refractivity contribution in [1.29, 1.82) is 5.26 Å². The lowest BCUT2D eigenvalue weighted by Crippen LogP contribution is -1.90. The van der Waals surface area contributed by atoms with Crippen LogP contribution in [0.5, 0.6) is 11.5 Å². The Morgan fingerprint density at radius 3 is 2.75 bits per heavy atom. The molecule has 0 radical (unpaired) electrons. The monoisotopic (exact) mass is 237 g/mol. The molecule has 1 N–H and O–H groups in total. The zero-order chi connectivity index (χ0) is 12.1. The minimum atomic E-state index is -0.863. The molecular formula is C11H8ClNO3. The number of benzene rings is 1. The van der Waals surface area contributed by atoms with Crippen molar-refractivity contribution >= 4 is 22.9 Å². The second-order valence-corrected chi connectivity index (χ2v) is 3.21. The van der Waals surface area contributed by atoms with Gasteiger partial charge in [-0.25, -0.2) is 0 Å². The third kappa shape index (κ3) is 2.75. The summed E-state index contributed by atoms with van der Waals surface area (Å²) in [6.45, 7) is 0. The highest BCUT2D eigenvalue weighted by Crippen LogP contribution is 2.25. The fourth-order valence-electron chi connectivity index (χ4n) is 1.06. The zero-order valence-corrected chi connectivity index (χ0v) is 9.15. The highest BCUT2D eigenvalue weighted by atomic mass is 35.5. The van der Waals surface area contributed by atoms with Gasteiger partial charge in [-0.15, -0.1) is 0 Å². The van der Waals surface area contributed by atoms with Gasteiger partial charge in [-0.05, 0) is 29.8 Å². The van der Waals surface area contributed by atoms with Gasteiger partial charge >= 0.3 is 0 Å². The van der Waals surface area contributed by atoms with Crippen LogP contribution in [0.3, 0.4) is 0 Å². The second kappa shape index (κ2) is 5.19. The summed E-state index contributed by atoms with van der Waals surface area (Å²) in [5, 5.41) is 17.3. The molecule has 0 amide bonds. The number of halogens is 1. The van der Waals surface area contributed by atoms with E-state index in [9.17, 15) is 9.90 Å². The van der Waals surface area contributed by atoms with E-state index in [-0.39, 0.29) is 11.3 Å². The molecule has 1 aromatic rings. The van der Waals surface area contributed by atoms with Gasteiger partial charge in [-0.1, -0.05) is 0 Å². The molecule has 16 heavy (non-hydrogen) atoms. The number of rotatable bonds is 3. The maximum Gasteiger partial charge on any atom is 0.262 e. The molecule has 0 aliphatic rings. The number of phenolic OH excluding ortho intramolecular Hbond substituents is 1. The normalized spacial score (nSPS) is 10.7. The van der Waals surface area contributed by atoms with E-state index in [4.69, 9.17) is 21.6 Å². The molecule has 0 aromatic heterocycles. The third-order valence-corrected chi connectivity index (χ3v) is 2.07. The number of phenols is 1. The summed E-state index contributed by atoms with van der Waals surface area (Å²) in [5.41, 5.74) is 0.0912. The molecule has 0 saturated carbocycles. The van der Waals surface area contributed by atoms with E-state index in [2.05, 4.69) is 0 Å². The molecule has 0 bridgehead atoms. The molecule has 1 aromatic carbocycles. The summed E-state index contributed by atoms with van der Waals surface area (Å²) in [5.74, 6) is 0.385. The van der Waals surface area contributed by atoms with Crippen LogP contribution in [-0.4, -0.2) is 17.5 Å². The molecule has 0 spiro atoms. The Bertz CT molecular complexity index is 488. The minimum Gasteiger partial charge on any atom is -0.507 e. The molecule has 82 valence electrons. The predicted octanol–water partition coefficient (Wildman–Crippen LogP) is 2.07. The number of ether oxygens (including phenoxy) is 1. The standard InChI is InChI=1S/C11H8ClNO3/c1-16-9-3-2-7(10(14)5-9)4-8(6-13)11(12)15/h2-5,14H,1H3/b8-4+. The van der Waals surface area contributed by atoms with Gasteiger partial charge in [0.15, 0.2) is 0 Å². The zero-order valence-electron chi connectivity index (χ0n) is 8.40. The van der Waals surface area contributed by atoms with Crippen LogP contribution in [0.25, 0.3) is 6.08 Å². The first kappa shape index (κ1) is 12.1. The first-order valence-electron chi connectivity index (χ1n) is 4.27. The average Bonchev–Trinajstić information content (AvgIpc) is 2.26. The lowest BCUT2D eigenvalue weighted by atomic mass is 10.1. The number of allylic oxidation sites excluding steroid dienone is 1. The van der Waals surface area contributed by atoms with E-state index < -0.39 is 5.24 Å². The summed E-state index contributed by atoms with van der Waals surface area (Å²) in [6.07, 6.45) is 1.21. The van der Waals surface area contributed by atoms with Crippen LogP contribution in [0.2, 0.25) is 0 Å². The Morgan fingerprint density at radius 2 is 2.31 bits per heavy atom. The molecule has 0 aliphatic heterocycles. The third-order valence-electron chi connectivity index (χ3n) is 1.87. The lowest BCUT2D eigenvalue weighted by Gasteiger charge is -2.03. The van der Waals surface area contributed by atoms with Crippen molar-refractivity contribution < 1.29 is 14.6 Å². The number of nitrogens with zero attached hydrogens (tertiary/aromatic N) is 1. The number of methoxy groups -OCH3 is 1. The number of aromatic hydroxyl groups is 1. The highest BCUT2D eigenvalue weighted by molar-refractivity contribution is 6.68. The van der Waals surface area contributed by atoms with Gasteiger partial charge in [0.2, 0.25) is 0 Å². The molecule has 5 heteroatoms. The van der Waals surface area contributed by atoms with Gasteiger partial charge < -0.3 is 9.84 Å². The molecule has 0 atom stereocenters. The van der Waals surface area contributed by atoms with Crippen LogP contribution in [0.4, 0.5) is 0 Å². The topological polar surface area (TPSA) is 70.3 Å². The molecule has 0 unspecified atom stereocenters. The summed E-state index contributed by atoms with van der Waals surface area (Å²) < 4.78 is 4.89. The molecule has 1 rings (SSSR count). The quantitative estimate of drug-likeness (QED) is 0.496. The van der Waals surface area contributed by atoms with E-state index >= 15 is 0 Å². The number of carbonyl (C=O) groups is 1. The first-order valence-corrected chi connectivity index (χ1v) is 4.65. The largest absolute Gasteiger partial charge is 0.507 e. The molecule has 0 aliphatic carbocycles. The smallest absolute Gasteiger partial charge is 0.262 e. The highest BCUT2D eigenvalue weighted by Gasteiger charge is 2.07. The maximum atomic E-state index is 10.8. The van der Waals surface area contributed by atoms with Crippen LogP contribution in [0.1, 0.15) is 5.56 Å². The van der Waals surface area contributed by atoms with E-state index in [1.165, 1.54) is 25.3 Å². The SMILES string of the molecule is COc1ccc(/C=C(\C#N)C(=O)Cl)c(O)c1. The Kier molecular flexibility index (Phi) is 3.92. The first-order chi connectivity index (χ1) is 7.58. The van der Waals surface area contributed by atoms with Gasteiger partial charge in [0, 0.05) is 11.6 Å². The van der Waals surface area contributed by atoms with Crippen molar-refractivity contribution in [1.82, 2.24) is 0 Å². The van der Waals surface area contributed by atoms with E-state index in [0.717, 1.165) is 0 Å². The average molecular weight is 238 g/mol.